The molecule has 1 unspecified atom stereocenters. The van der Waals surface area contributed by atoms with Crippen molar-refractivity contribution < 1.29 is 0 Å². The van der Waals surface area contributed by atoms with Gasteiger partial charge in [0.2, 0.25) is 0 Å². The van der Waals surface area contributed by atoms with Crippen LogP contribution in [0.1, 0.15) is 0 Å². The average molecular weight is 305 g/mol. The summed E-state index contributed by atoms with van der Waals surface area (Å²) >= 11 is 0. The Morgan fingerprint density at radius 3 is 1.82 bits per heavy atom. The van der Waals surface area contributed by atoms with E-state index in [1.165, 1.54) is 21.7 Å². The first-order valence-corrected chi connectivity index (χ1v) is 8.73. The van der Waals surface area contributed by atoms with E-state index in [2.05, 4.69) is 104 Å². The second kappa shape index (κ2) is 6.87. The molecule has 110 valence electrons. The molecule has 0 saturated heterocycles. The van der Waals surface area contributed by atoms with Gasteiger partial charge >= 0.3 is 0 Å². The summed E-state index contributed by atoms with van der Waals surface area (Å²) < 4.78 is 2.34. The quantitative estimate of drug-likeness (QED) is 0.651. The van der Waals surface area contributed by atoms with Crippen molar-refractivity contribution in [3.63, 3.8) is 0 Å². The molecule has 1 nitrogen and oxygen atoms in total. The molecular weight excluding hydrogens is 285 g/mol. The average Bonchev–Trinajstić information content (AvgIpc) is 2.57. The van der Waals surface area contributed by atoms with Crippen LogP contribution in [0.3, 0.4) is 0 Å². The highest BCUT2D eigenvalue weighted by molar-refractivity contribution is 7.71. The van der Waals surface area contributed by atoms with E-state index in [-0.39, 0.29) is 0 Å². The van der Waals surface area contributed by atoms with E-state index in [4.69, 9.17) is 0 Å². The molecule has 0 saturated carbocycles. The molecule has 0 aliphatic heterocycles. The third-order valence-corrected chi connectivity index (χ3v) is 6.05. The Kier molecular flexibility index (Phi) is 4.68. The second-order valence-electron chi connectivity index (χ2n) is 5.38. The molecule has 3 aromatic carbocycles. The van der Waals surface area contributed by atoms with Gasteiger partial charge in [-0.2, -0.15) is 0 Å². The van der Waals surface area contributed by atoms with Gasteiger partial charge in [-0.3, -0.25) is 4.67 Å². The Bertz CT molecular complexity index is 723. The highest BCUT2D eigenvalue weighted by atomic mass is 31.1. The minimum Gasteiger partial charge on any atom is -0.281 e. The number of hydrogen-bond acceptors (Lipinski definition) is 1. The molecule has 0 aliphatic carbocycles. The van der Waals surface area contributed by atoms with Gasteiger partial charge in [0, 0.05) is 13.4 Å². The summed E-state index contributed by atoms with van der Waals surface area (Å²) in [5.41, 5.74) is 2.61. The van der Waals surface area contributed by atoms with E-state index in [0.717, 1.165) is 0 Å². The van der Waals surface area contributed by atoms with E-state index in [9.17, 15) is 0 Å². The summed E-state index contributed by atoms with van der Waals surface area (Å²) in [6.45, 7) is 0. The predicted octanol–water partition coefficient (Wildman–Crippen LogP) is 4.26. The summed E-state index contributed by atoms with van der Waals surface area (Å²) in [6, 6.07) is 30.2. The van der Waals surface area contributed by atoms with Crippen molar-refractivity contribution in [2.75, 3.05) is 14.1 Å². The van der Waals surface area contributed by atoms with E-state index in [0.29, 0.717) is 0 Å². The van der Waals surface area contributed by atoms with Crippen LogP contribution < -0.4 is 10.6 Å². The second-order valence-corrected chi connectivity index (χ2v) is 7.80. The molecule has 2 heteroatoms. The van der Waals surface area contributed by atoms with Crippen LogP contribution in [-0.2, 0) is 0 Å². The monoisotopic (exact) mass is 305 g/mol. The molecule has 0 spiro atoms. The van der Waals surface area contributed by atoms with Crippen LogP contribution in [0.25, 0.3) is 11.1 Å². The molecule has 22 heavy (non-hydrogen) atoms. The molecule has 3 aromatic rings. The van der Waals surface area contributed by atoms with Crippen molar-refractivity contribution in [3.8, 4) is 11.1 Å². The third kappa shape index (κ3) is 3.11. The fraction of sp³-hybridized carbons (Fsp3) is 0.100. The van der Waals surface area contributed by atoms with Crippen LogP contribution in [0, 0.1) is 0 Å². The molecule has 0 amide bonds. The molecule has 0 N–H and O–H groups in total. The van der Waals surface area contributed by atoms with Gasteiger partial charge in [0.15, 0.2) is 0 Å². The Morgan fingerprint density at radius 2 is 1.18 bits per heavy atom. The summed E-state index contributed by atoms with van der Waals surface area (Å²) in [6.07, 6.45) is 0. The number of nitrogens with zero attached hydrogens (tertiary/aromatic N) is 1. The number of benzene rings is 3. The van der Waals surface area contributed by atoms with E-state index < -0.39 is 8.07 Å². The lowest BCUT2D eigenvalue weighted by atomic mass is 10.1. The van der Waals surface area contributed by atoms with Crippen molar-refractivity contribution in [1.82, 2.24) is 4.67 Å². The zero-order valence-electron chi connectivity index (χ0n) is 13.0. The van der Waals surface area contributed by atoms with Gasteiger partial charge in [-0.1, -0.05) is 84.9 Å². The molecule has 3 rings (SSSR count). The maximum atomic E-state index is 2.34. The van der Waals surface area contributed by atoms with Crippen molar-refractivity contribution in [1.29, 1.82) is 0 Å². The summed E-state index contributed by atoms with van der Waals surface area (Å²) in [5.74, 6) is 0. The van der Waals surface area contributed by atoms with Crippen molar-refractivity contribution in [3.05, 3.63) is 84.9 Å². The molecule has 0 radical (unpaired) electrons. The highest BCUT2D eigenvalue weighted by Gasteiger charge is 2.19. The summed E-state index contributed by atoms with van der Waals surface area (Å²) in [4.78, 5) is 0. The lowest BCUT2D eigenvalue weighted by Crippen LogP contribution is -2.23. The van der Waals surface area contributed by atoms with Gasteiger partial charge in [0.05, 0.1) is 0 Å². The molecule has 0 heterocycles. The lowest BCUT2D eigenvalue weighted by molar-refractivity contribution is 0.689. The van der Waals surface area contributed by atoms with E-state index in [1.54, 1.807) is 0 Å². The fourth-order valence-corrected chi connectivity index (χ4v) is 4.96. The minimum absolute atomic E-state index is 0.521. The highest BCUT2D eigenvalue weighted by Crippen LogP contribution is 2.39. The van der Waals surface area contributed by atoms with Crippen LogP contribution in [0.4, 0.5) is 0 Å². The normalized spacial score (nSPS) is 12.3. The first-order valence-electron chi connectivity index (χ1n) is 7.44. The minimum atomic E-state index is -0.521. The van der Waals surface area contributed by atoms with Gasteiger partial charge < -0.3 is 0 Å². The van der Waals surface area contributed by atoms with Gasteiger partial charge in [0.25, 0.3) is 0 Å². The lowest BCUT2D eigenvalue weighted by Gasteiger charge is -2.27. The number of rotatable bonds is 4. The topological polar surface area (TPSA) is 3.24 Å². The largest absolute Gasteiger partial charge is 0.281 e. The van der Waals surface area contributed by atoms with Crippen molar-refractivity contribution in [2.24, 2.45) is 0 Å². The Morgan fingerprint density at radius 1 is 0.636 bits per heavy atom. The number of hydrogen-bond donors (Lipinski definition) is 0. The summed E-state index contributed by atoms with van der Waals surface area (Å²) in [7, 11) is 3.81. The SMILES string of the molecule is CN(C)P(c1ccccc1)c1ccccc1-c1ccccc1. The first kappa shape index (κ1) is 15.0. The standard InChI is InChI=1S/C20H20NP/c1-21(2)22(18-13-7-4-8-14-18)20-16-10-9-15-19(20)17-11-5-3-6-12-17/h3-16H,1-2H3. The van der Waals surface area contributed by atoms with Gasteiger partial charge in [0.1, 0.15) is 0 Å². The zero-order chi connectivity index (χ0) is 15.4. The molecular formula is C20H20NP. The predicted molar refractivity (Wildman–Crippen MR) is 98.2 cm³/mol. The van der Waals surface area contributed by atoms with Gasteiger partial charge in [-0.05, 0) is 30.5 Å². The smallest absolute Gasteiger partial charge is 0.0282 e. The van der Waals surface area contributed by atoms with Crippen molar-refractivity contribution in [2.45, 2.75) is 0 Å². The molecule has 0 bridgehead atoms. The maximum absolute atomic E-state index is 2.34. The van der Waals surface area contributed by atoms with Crippen LogP contribution in [0.5, 0.6) is 0 Å². The Hall–Kier alpha value is -1.95. The molecule has 0 aliphatic rings. The van der Waals surface area contributed by atoms with Gasteiger partial charge in [-0.25, -0.2) is 0 Å². The fourth-order valence-electron chi connectivity index (χ4n) is 2.67. The van der Waals surface area contributed by atoms with Crippen LogP contribution in [-0.4, -0.2) is 18.8 Å². The van der Waals surface area contributed by atoms with E-state index in [1.807, 2.05) is 0 Å². The van der Waals surface area contributed by atoms with Crippen LogP contribution in [0.2, 0.25) is 0 Å². The molecule has 1 atom stereocenters. The zero-order valence-corrected chi connectivity index (χ0v) is 13.9. The maximum Gasteiger partial charge on any atom is 0.0282 e. The van der Waals surface area contributed by atoms with Gasteiger partial charge in [-0.15, -0.1) is 0 Å². The Labute approximate surface area is 134 Å². The third-order valence-electron chi connectivity index (χ3n) is 3.62. The molecule has 0 fully saturated rings. The molecule has 0 aromatic heterocycles. The first-order chi connectivity index (χ1) is 10.8. The van der Waals surface area contributed by atoms with Crippen LogP contribution in [0.15, 0.2) is 84.9 Å². The van der Waals surface area contributed by atoms with Crippen LogP contribution >= 0.6 is 8.07 Å². The van der Waals surface area contributed by atoms with E-state index >= 15 is 0 Å². The Balaban J connectivity index is 2.14. The summed E-state index contributed by atoms with van der Waals surface area (Å²) in [5, 5.41) is 2.78. The van der Waals surface area contributed by atoms with Crippen molar-refractivity contribution >= 4 is 18.7 Å².